The molecule has 116 valence electrons. The Morgan fingerprint density at radius 1 is 1.29 bits per heavy atom. The van der Waals surface area contributed by atoms with Gasteiger partial charge in [0.25, 0.3) is 5.91 Å². The highest BCUT2D eigenvalue weighted by atomic mass is 16.5. The van der Waals surface area contributed by atoms with Crippen LogP contribution in [0.25, 0.3) is 0 Å². The Morgan fingerprint density at radius 3 is 2.48 bits per heavy atom. The van der Waals surface area contributed by atoms with Gasteiger partial charge in [-0.25, -0.2) is 4.79 Å². The number of hydrogen-bond acceptors (Lipinski definition) is 3. The molecule has 0 atom stereocenters. The van der Waals surface area contributed by atoms with Crippen molar-refractivity contribution in [2.45, 2.75) is 40.5 Å². The van der Waals surface area contributed by atoms with Crippen LogP contribution in [0.15, 0.2) is 0 Å². The lowest BCUT2D eigenvalue weighted by molar-refractivity contribution is 0.0519. The van der Waals surface area contributed by atoms with Crippen LogP contribution < -0.4 is 0 Å². The Balaban J connectivity index is 2.23. The molecule has 0 bridgehead atoms. The number of likely N-dealkylation sites (tertiary alicyclic amines) is 1. The molecule has 1 saturated heterocycles. The number of aromatic amines is 1. The molecule has 1 aliphatic rings. The van der Waals surface area contributed by atoms with Crippen LogP contribution in [0, 0.1) is 19.8 Å². The normalized spacial score (nSPS) is 16.1. The summed E-state index contributed by atoms with van der Waals surface area (Å²) < 4.78 is 5.02. The zero-order valence-electron chi connectivity index (χ0n) is 13.3. The Kier molecular flexibility index (Phi) is 4.70. The van der Waals surface area contributed by atoms with Gasteiger partial charge in [0.05, 0.1) is 12.2 Å². The minimum Gasteiger partial charge on any atom is -0.461 e. The number of H-pyrrole nitrogens is 1. The van der Waals surface area contributed by atoms with E-state index in [0.29, 0.717) is 29.3 Å². The number of esters is 1. The Morgan fingerprint density at radius 2 is 1.90 bits per heavy atom. The first-order valence-electron chi connectivity index (χ1n) is 7.61. The quantitative estimate of drug-likeness (QED) is 0.871. The molecule has 2 heterocycles. The summed E-state index contributed by atoms with van der Waals surface area (Å²) in [4.78, 5) is 29.5. The van der Waals surface area contributed by atoms with E-state index in [1.54, 1.807) is 13.8 Å². The summed E-state index contributed by atoms with van der Waals surface area (Å²) in [5.41, 5.74) is 2.43. The van der Waals surface area contributed by atoms with E-state index in [0.717, 1.165) is 31.6 Å². The van der Waals surface area contributed by atoms with Gasteiger partial charge in [-0.3, -0.25) is 4.79 Å². The van der Waals surface area contributed by atoms with Crippen molar-refractivity contribution >= 4 is 11.9 Å². The van der Waals surface area contributed by atoms with Crippen LogP contribution in [0.4, 0.5) is 0 Å². The van der Waals surface area contributed by atoms with Crippen molar-refractivity contribution in [2.75, 3.05) is 19.7 Å². The summed E-state index contributed by atoms with van der Waals surface area (Å²) in [7, 11) is 0. The largest absolute Gasteiger partial charge is 0.461 e. The topological polar surface area (TPSA) is 62.4 Å². The van der Waals surface area contributed by atoms with Crippen LogP contribution in [0.3, 0.4) is 0 Å². The van der Waals surface area contributed by atoms with Crippen LogP contribution in [0.1, 0.15) is 58.8 Å². The van der Waals surface area contributed by atoms with Crippen LogP contribution in [0.5, 0.6) is 0 Å². The number of carbonyl (C=O) groups is 2. The smallest absolute Gasteiger partial charge is 0.355 e. The van der Waals surface area contributed by atoms with Gasteiger partial charge in [0.2, 0.25) is 0 Å². The lowest BCUT2D eigenvalue weighted by Gasteiger charge is -2.30. The predicted molar refractivity (Wildman–Crippen MR) is 80.5 cm³/mol. The van der Waals surface area contributed by atoms with Crippen LogP contribution >= 0.6 is 0 Å². The summed E-state index contributed by atoms with van der Waals surface area (Å²) in [6.45, 7) is 9.52. The van der Waals surface area contributed by atoms with Gasteiger partial charge in [-0.1, -0.05) is 6.92 Å². The average molecular weight is 292 g/mol. The van der Waals surface area contributed by atoms with E-state index in [1.165, 1.54) is 0 Å². The molecule has 5 nitrogen and oxygen atoms in total. The first-order valence-corrected chi connectivity index (χ1v) is 7.61. The standard InChI is InChI=1S/C16H24N2O3/c1-5-21-16(20)14-11(3)13(12(4)17-14)15(19)18-8-6-10(2)7-9-18/h10,17H,5-9H2,1-4H3. The first kappa shape index (κ1) is 15.6. The van der Waals surface area contributed by atoms with Crippen LogP contribution in [-0.4, -0.2) is 41.5 Å². The molecule has 5 heteroatoms. The molecule has 1 aliphatic heterocycles. The number of aromatic nitrogens is 1. The van der Waals surface area contributed by atoms with E-state index in [4.69, 9.17) is 4.74 Å². The Bertz CT molecular complexity index is 540. The number of amides is 1. The van der Waals surface area contributed by atoms with Gasteiger partial charge in [0.1, 0.15) is 5.69 Å². The second-order valence-electron chi connectivity index (χ2n) is 5.82. The lowest BCUT2D eigenvalue weighted by Crippen LogP contribution is -2.38. The highest BCUT2D eigenvalue weighted by Crippen LogP contribution is 2.23. The summed E-state index contributed by atoms with van der Waals surface area (Å²) in [6.07, 6.45) is 2.08. The molecule has 1 N–H and O–H groups in total. The molecular formula is C16H24N2O3. The van der Waals surface area contributed by atoms with Crippen LogP contribution in [-0.2, 0) is 4.74 Å². The maximum Gasteiger partial charge on any atom is 0.355 e. The van der Waals surface area contributed by atoms with Gasteiger partial charge in [-0.2, -0.15) is 0 Å². The van der Waals surface area contributed by atoms with Crippen molar-refractivity contribution in [1.82, 2.24) is 9.88 Å². The van der Waals surface area contributed by atoms with E-state index in [1.807, 2.05) is 11.8 Å². The maximum absolute atomic E-state index is 12.7. The minimum atomic E-state index is -0.399. The molecule has 0 aliphatic carbocycles. The van der Waals surface area contributed by atoms with E-state index < -0.39 is 5.97 Å². The van der Waals surface area contributed by atoms with Crippen molar-refractivity contribution in [3.05, 3.63) is 22.5 Å². The molecular weight excluding hydrogens is 268 g/mol. The van der Waals surface area contributed by atoms with Gasteiger partial charge in [0, 0.05) is 18.8 Å². The lowest BCUT2D eigenvalue weighted by atomic mass is 9.98. The summed E-state index contributed by atoms with van der Waals surface area (Å²) >= 11 is 0. The van der Waals surface area contributed by atoms with Gasteiger partial charge in [-0.15, -0.1) is 0 Å². The van der Waals surface area contributed by atoms with Crippen molar-refractivity contribution in [1.29, 1.82) is 0 Å². The van der Waals surface area contributed by atoms with E-state index >= 15 is 0 Å². The summed E-state index contributed by atoms with van der Waals surface area (Å²) in [5, 5.41) is 0. The predicted octanol–water partition coefficient (Wildman–Crippen LogP) is 2.68. The molecule has 0 spiro atoms. The third-order valence-corrected chi connectivity index (χ3v) is 4.20. The third-order valence-electron chi connectivity index (χ3n) is 4.20. The van der Waals surface area contributed by atoms with Gasteiger partial charge in [-0.05, 0) is 45.1 Å². The fourth-order valence-electron chi connectivity index (χ4n) is 2.85. The molecule has 0 aromatic carbocycles. The maximum atomic E-state index is 12.7. The minimum absolute atomic E-state index is 0.0173. The van der Waals surface area contributed by atoms with Gasteiger partial charge >= 0.3 is 5.97 Å². The Labute approximate surface area is 125 Å². The molecule has 0 saturated carbocycles. The highest BCUT2D eigenvalue weighted by Gasteiger charge is 2.27. The number of ether oxygens (including phenoxy) is 1. The number of rotatable bonds is 3. The number of hydrogen-bond donors (Lipinski definition) is 1. The number of nitrogens with zero attached hydrogens (tertiary/aromatic N) is 1. The number of aryl methyl sites for hydroxylation is 1. The molecule has 0 radical (unpaired) electrons. The molecule has 1 amide bonds. The highest BCUT2D eigenvalue weighted by molar-refractivity contribution is 6.01. The molecule has 1 aromatic heterocycles. The number of nitrogens with one attached hydrogen (secondary N) is 1. The molecule has 1 fully saturated rings. The zero-order valence-corrected chi connectivity index (χ0v) is 13.3. The van der Waals surface area contributed by atoms with E-state index in [-0.39, 0.29) is 5.91 Å². The molecule has 0 unspecified atom stereocenters. The zero-order chi connectivity index (χ0) is 15.6. The molecule has 1 aromatic rings. The second kappa shape index (κ2) is 6.33. The number of carbonyl (C=O) groups excluding carboxylic acids is 2. The van der Waals surface area contributed by atoms with E-state index in [2.05, 4.69) is 11.9 Å². The fraction of sp³-hybridized carbons (Fsp3) is 0.625. The second-order valence-corrected chi connectivity index (χ2v) is 5.82. The third kappa shape index (κ3) is 3.12. The monoisotopic (exact) mass is 292 g/mol. The molecule has 2 rings (SSSR count). The van der Waals surface area contributed by atoms with Gasteiger partial charge < -0.3 is 14.6 Å². The molecule has 21 heavy (non-hydrogen) atoms. The van der Waals surface area contributed by atoms with Crippen molar-refractivity contribution < 1.29 is 14.3 Å². The number of piperidine rings is 1. The van der Waals surface area contributed by atoms with Gasteiger partial charge in [0.15, 0.2) is 0 Å². The summed E-state index contributed by atoms with van der Waals surface area (Å²) in [6, 6.07) is 0. The van der Waals surface area contributed by atoms with Crippen LogP contribution in [0.2, 0.25) is 0 Å². The van der Waals surface area contributed by atoms with Crippen molar-refractivity contribution in [2.24, 2.45) is 5.92 Å². The Hall–Kier alpha value is -1.78. The van der Waals surface area contributed by atoms with Crippen molar-refractivity contribution in [3.63, 3.8) is 0 Å². The van der Waals surface area contributed by atoms with E-state index in [9.17, 15) is 9.59 Å². The summed E-state index contributed by atoms with van der Waals surface area (Å²) in [5.74, 6) is 0.297. The average Bonchev–Trinajstić information content (AvgIpc) is 2.74. The SMILES string of the molecule is CCOC(=O)c1[nH]c(C)c(C(=O)N2CCC(C)CC2)c1C. The fourth-order valence-corrected chi connectivity index (χ4v) is 2.85. The first-order chi connectivity index (χ1) is 9.95. The van der Waals surface area contributed by atoms with Crippen molar-refractivity contribution in [3.8, 4) is 0 Å².